The Morgan fingerprint density at radius 3 is 1.94 bits per heavy atom. The van der Waals surface area contributed by atoms with E-state index in [9.17, 15) is 10.0 Å². The number of hydrogen-bond donors (Lipinski definition) is 1. The van der Waals surface area contributed by atoms with E-state index in [1.165, 1.54) is 0 Å². The maximum Gasteiger partial charge on any atom is 0.115 e. The molecule has 86 valence electrons. The zero-order valence-corrected chi connectivity index (χ0v) is 9.77. The second kappa shape index (κ2) is 4.37. The number of rotatable bonds is 2. The molecule has 0 spiro atoms. The summed E-state index contributed by atoms with van der Waals surface area (Å²) in [6.07, 6.45) is 0. The van der Waals surface area contributed by atoms with Gasteiger partial charge in [-0.2, -0.15) is 0 Å². The van der Waals surface area contributed by atoms with Crippen LogP contribution in [-0.4, -0.2) is 5.11 Å². The fourth-order valence-electron chi connectivity index (χ4n) is 1.92. The fraction of sp³-hybridized carbons (Fsp3) is 0.143. The fourth-order valence-corrected chi connectivity index (χ4v) is 1.92. The number of phenolic OH excluding ortho intramolecular Hbond substituents is 1. The monoisotopic (exact) mass is 227 g/mol. The van der Waals surface area contributed by atoms with E-state index in [-0.39, 0.29) is 5.75 Å². The minimum Gasteiger partial charge on any atom is -0.508 e. The Balaban J connectivity index is 2.54. The Morgan fingerprint density at radius 1 is 0.941 bits per heavy atom. The highest BCUT2D eigenvalue weighted by Gasteiger charge is 2.06. The van der Waals surface area contributed by atoms with E-state index >= 15 is 0 Å². The van der Waals surface area contributed by atoms with E-state index in [1.807, 2.05) is 38.1 Å². The highest BCUT2D eigenvalue weighted by molar-refractivity contribution is 5.70. The van der Waals surface area contributed by atoms with Crippen LogP contribution in [0.1, 0.15) is 11.1 Å². The maximum atomic E-state index is 10.7. The van der Waals surface area contributed by atoms with Gasteiger partial charge in [0.05, 0.1) is 0 Å². The van der Waals surface area contributed by atoms with Gasteiger partial charge < -0.3 is 5.11 Å². The predicted molar refractivity (Wildman–Crippen MR) is 68.5 cm³/mol. The summed E-state index contributed by atoms with van der Waals surface area (Å²) in [7, 11) is 0. The molecule has 1 N–H and O–H groups in total. The van der Waals surface area contributed by atoms with Crippen LogP contribution in [0.3, 0.4) is 0 Å². The Morgan fingerprint density at radius 2 is 1.47 bits per heavy atom. The van der Waals surface area contributed by atoms with E-state index < -0.39 is 0 Å². The van der Waals surface area contributed by atoms with E-state index in [2.05, 4.69) is 5.18 Å². The van der Waals surface area contributed by atoms with Gasteiger partial charge in [0.25, 0.3) is 0 Å². The maximum absolute atomic E-state index is 10.7. The van der Waals surface area contributed by atoms with E-state index in [0.717, 1.165) is 22.3 Å². The lowest BCUT2D eigenvalue weighted by molar-refractivity contribution is 0.475. The van der Waals surface area contributed by atoms with Crippen LogP contribution in [0.25, 0.3) is 11.1 Å². The lowest BCUT2D eigenvalue weighted by Crippen LogP contribution is -1.84. The van der Waals surface area contributed by atoms with Crippen molar-refractivity contribution in [2.24, 2.45) is 5.18 Å². The summed E-state index contributed by atoms with van der Waals surface area (Å²) >= 11 is 0. The molecule has 2 aromatic carbocycles. The summed E-state index contributed by atoms with van der Waals surface area (Å²) in [4.78, 5) is 10.7. The third kappa shape index (κ3) is 2.18. The van der Waals surface area contributed by atoms with Gasteiger partial charge in [-0.1, -0.05) is 12.1 Å². The highest BCUT2D eigenvalue weighted by Crippen LogP contribution is 2.30. The van der Waals surface area contributed by atoms with Crippen LogP contribution in [0.4, 0.5) is 5.69 Å². The summed E-state index contributed by atoms with van der Waals surface area (Å²) in [5, 5.41) is 12.3. The van der Waals surface area contributed by atoms with Gasteiger partial charge in [0.1, 0.15) is 11.4 Å². The Hall–Kier alpha value is -2.16. The average molecular weight is 227 g/mol. The van der Waals surface area contributed by atoms with Crippen LogP contribution in [0.15, 0.2) is 41.6 Å². The number of benzene rings is 2. The number of nitroso groups, excluding NO2 is 1. The summed E-state index contributed by atoms with van der Waals surface area (Å²) < 4.78 is 0. The van der Waals surface area contributed by atoms with Gasteiger partial charge in [-0.3, -0.25) is 0 Å². The summed E-state index contributed by atoms with van der Waals surface area (Å²) in [6, 6.07) is 10.8. The largest absolute Gasteiger partial charge is 0.508 e. The molecule has 0 heterocycles. The number of phenols is 1. The lowest BCUT2D eigenvalue weighted by Gasteiger charge is -2.07. The molecule has 3 heteroatoms. The molecule has 0 radical (unpaired) electrons. The number of aromatic hydroxyl groups is 1. The molecule has 0 saturated heterocycles. The topological polar surface area (TPSA) is 49.7 Å². The molecule has 17 heavy (non-hydrogen) atoms. The van der Waals surface area contributed by atoms with Crippen molar-refractivity contribution in [3.05, 3.63) is 52.4 Å². The Kier molecular flexibility index (Phi) is 2.91. The summed E-state index contributed by atoms with van der Waals surface area (Å²) in [6.45, 7) is 3.74. The molecule has 0 aliphatic heterocycles. The van der Waals surface area contributed by atoms with Gasteiger partial charge in [0, 0.05) is 0 Å². The first kappa shape index (κ1) is 11.3. The van der Waals surface area contributed by atoms with Crippen molar-refractivity contribution in [3.63, 3.8) is 0 Å². The molecule has 3 nitrogen and oxygen atoms in total. The first-order valence-electron chi connectivity index (χ1n) is 5.36. The minimum absolute atomic E-state index is 0.244. The molecular weight excluding hydrogens is 214 g/mol. The molecule has 0 saturated carbocycles. The van der Waals surface area contributed by atoms with Crippen LogP contribution in [0, 0.1) is 18.8 Å². The molecule has 0 aliphatic carbocycles. The first-order chi connectivity index (χ1) is 8.11. The SMILES string of the molecule is Cc1cc(-c2ccc(O)cc2)cc(C)c1N=O. The van der Waals surface area contributed by atoms with Crippen LogP contribution in [-0.2, 0) is 0 Å². The van der Waals surface area contributed by atoms with E-state index in [4.69, 9.17) is 0 Å². The van der Waals surface area contributed by atoms with Crippen molar-refractivity contribution < 1.29 is 5.11 Å². The zero-order chi connectivity index (χ0) is 12.4. The van der Waals surface area contributed by atoms with E-state index in [1.54, 1.807) is 12.1 Å². The van der Waals surface area contributed by atoms with Crippen LogP contribution >= 0.6 is 0 Å². The zero-order valence-electron chi connectivity index (χ0n) is 9.77. The van der Waals surface area contributed by atoms with Gasteiger partial charge in [-0.25, -0.2) is 0 Å². The van der Waals surface area contributed by atoms with Crippen molar-refractivity contribution in [3.8, 4) is 16.9 Å². The molecule has 0 aromatic heterocycles. The van der Waals surface area contributed by atoms with Crippen LogP contribution < -0.4 is 0 Å². The second-order valence-electron chi connectivity index (χ2n) is 4.10. The Bertz CT molecular complexity index is 536. The van der Waals surface area contributed by atoms with E-state index in [0.29, 0.717) is 5.69 Å². The number of aryl methyl sites for hydroxylation is 2. The van der Waals surface area contributed by atoms with Crippen molar-refractivity contribution in [1.29, 1.82) is 0 Å². The summed E-state index contributed by atoms with van der Waals surface area (Å²) in [5.41, 5.74) is 4.26. The normalized spacial score (nSPS) is 10.2. The van der Waals surface area contributed by atoms with Gasteiger partial charge in [0.15, 0.2) is 0 Å². The van der Waals surface area contributed by atoms with Crippen LogP contribution in [0.5, 0.6) is 5.75 Å². The van der Waals surface area contributed by atoms with Gasteiger partial charge >= 0.3 is 0 Å². The van der Waals surface area contributed by atoms with Crippen LogP contribution in [0.2, 0.25) is 0 Å². The van der Waals surface area contributed by atoms with Crippen molar-refractivity contribution in [2.45, 2.75) is 13.8 Å². The molecule has 0 unspecified atom stereocenters. The molecule has 2 rings (SSSR count). The Labute approximate surface area is 99.7 Å². The van der Waals surface area contributed by atoms with Gasteiger partial charge in [-0.15, -0.1) is 4.91 Å². The molecule has 2 aromatic rings. The quantitative estimate of drug-likeness (QED) is 0.786. The van der Waals surface area contributed by atoms with Crippen molar-refractivity contribution in [1.82, 2.24) is 0 Å². The van der Waals surface area contributed by atoms with Gasteiger partial charge in [0.2, 0.25) is 0 Å². The molecule has 0 bridgehead atoms. The first-order valence-corrected chi connectivity index (χ1v) is 5.36. The van der Waals surface area contributed by atoms with Crippen molar-refractivity contribution in [2.75, 3.05) is 0 Å². The second-order valence-corrected chi connectivity index (χ2v) is 4.10. The lowest BCUT2D eigenvalue weighted by atomic mass is 9.99. The standard InChI is InChI=1S/C14H13NO2/c1-9-7-12(8-10(2)14(9)15-17)11-3-5-13(16)6-4-11/h3-8,16H,1-2H3. The molecule has 0 aliphatic rings. The molecule has 0 amide bonds. The predicted octanol–water partition coefficient (Wildman–Crippen LogP) is 4.07. The number of nitrogens with zero attached hydrogens (tertiary/aromatic N) is 1. The smallest absolute Gasteiger partial charge is 0.115 e. The number of hydrogen-bond acceptors (Lipinski definition) is 3. The average Bonchev–Trinajstić information content (AvgIpc) is 2.29. The molecule has 0 fully saturated rings. The minimum atomic E-state index is 0.244. The summed E-state index contributed by atoms with van der Waals surface area (Å²) in [5.74, 6) is 0.244. The molecular formula is C14H13NO2. The third-order valence-corrected chi connectivity index (χ3v) is 2.78. The van der Waals surface area contributed by atoms with Gasteiger partial charge in [-0.05, 0) is 65.5 Å². The third-order valence-electron chi connectivity index (χ3n) is 2.78. The molecule has 0 atom stereocenters. The highest BCUT2D eigenvalue weighted by atomic mass is 16.3. The van der Waals surface area contributed by atoms with Crippen molar-refractivity contribution >= 4 is 5.69 Å².